The Hall–Kier alpha value is -2.17. The van der Waals surface area contributed by atoms with Crippen molar-refractivity contribution in [1.82, 2.24) is 4.98 Å². The van der Waals surface area contributed by atoms with E-state index in [1.807, 2.05) is 24.8 Å². The molecule has 1 aromatic carbocycles. The van der Waals surface area contributed by atoms with Crippen molar-refractivity contribution in [3.8, 4) is 0 Å². The van der Waals surface area contributed by atoms with Gasteiger partial charge in [-0.15, -0.1) is 0 Å². The van der Waals surface area contributed by atoms with E-state index in [-0.39, 0.29) is 5.82 Å². The lowest BCUT2D eigenvalue weighted by Gasteiger charge is -2.22. The summed E-state index contributed by atoms with van der Waals surface area (Å²) < 4.78 is 27.1. The minimum atomic E-state index is -0.539. The first-order valence-electron chi connectivity index (χ1n) is 7.03. The van der Waals surface area contributed by atoms with Gasteiger partial charge in [-0.2, -0.15) is 4.39 Å². The van der Waals surface area contributed by atoms with Crippen LogP contribution in [0.25, 0.3) is 0 Å². The number of hydrogen-bond acceptors (Lipinski definition) is 3. The number of benzene rings is 1. The molecule has 0 amide bonds. The summed E-state index contributed by atoms with van der Waals surface area (Å²) >= 11 is 0. The molecule has 2 rings (SSSR count). The first-order valence-corrected chi connectivity index (χ1v) is 7.03. The maximum absolute atomic E-state index is 14.1. The second-order valence-corrected chi connectivity index (χ2v) is 4.66. The largest absolute Gasteiger partial charge is 0.370 e. The van der Waals surface area contributed by atoms with E-state index >= 15 is 0 Å². The van der Waals surface area contributed by atoms with Crippen molar-refractivity contribution in [3.05, 3.63) is 53.7 Å². The molecule has 0 unspecified atom stereocenters. The third-order valence-electron chi connectivity index (χ3n) is 3.30. The molecule has 2 aromatic rings. The fourth-order valence-corrected chi connectivity index (χ4v) is 2.18. The minimum Gasteiger partial charge on any atom is -0.370 e. The van der Waals surface area contributed by atoms with Gasteiger partial charge in [0, 0.05) is 19.6 Å². The SMILES string of the molecule is CCN(CC)c1ccc(CNc2cccc(F)n2)cc1F. The zero-order valence-corrected chi connectivity index (χ0v) is 12.2. The van der Waals surface area contributed by atoms with Crippen LogP contribution in [0, 0.1) is 11.8 Å². The molecule has 0 saturated carbocycles. The summed E-state index contributed by atoms with van der Waals surface area (Å²) in [5.74, 6) is -0.350. The summed E-state index contributed by atoms with van der Waals surface area (Å²) in [6, 6.07) is 9.67. The summed E-state index contributed by atoms with van der Waals surface area (Å²) in [7, 11) is 0. The van der Waals surface area contributed by atoms with Gasteiger partial charge in [0.15, 0.2) is 0 Å². The number of halogens is 2. The van der Waals surface area contributed by atoms with E-state index in [0.29, 0.717) is 18.1 Å². The maximum atomic E-state index is 14.1. The van der Waals surface area contributed by atoms with Crippen molar-refractivity contribution in [3.63, 3.8) is 0 Å². The molecule has 0 bridgehead atoms. The summed E-state index contributed by atoms with van der Waals surface area (Å²) in [5.41, 5.74) is 1.39. The Morgan fingerprint density at radius 2 is 1.86 bits per heavy atom. The molecule has 5 heteroatoms. The third kappa shape index (κ3) is 3.90. The van der Waals surface area contributed by atoms with Gasteiger partial charge >= 0.3 is 0 Å². The van der Waals surface area contributed by atoms with Crippen LogP contribution in [0.3, 0.4) is 0 Å². The number of nitrogens with zero attached hydrogens (tertiary/aromatic N) is 2. The number of aromatic nitrogens is 1. The number of rotatable bonds is 6. The average Bonchev–Trinajstić information content (AvgIpc) is 2.48. The second-order valence-electron chi connectivity index (χ2n) is 4.66. The van der Waals surface area contributed by atoms with Crippen molar-refractivity contribution in [1.29, 1.82) is 0 Å². The number of nitrogens with one attached hydrogen (secondary N) is 1. The molecule has 112 valence electrons. The molecule has 0 fully saturated rings. The fraction of sp³-hybridized carbons (Fsp3) is 0.312. The second kappa shape index (κ2) is 7.02. The number of pyridine rings is 1. The van der Waals surface area contributed by atoms with E-state index in [1.165, 1.54) is 12.1 Å². The van der Waals surface area contributed by atoms with Crippen LogP contribution in [-0.4, -0.2) is 18.1 Å². The Labute approximate surface area is 123 Å². The first-order chi connectivity index (χ1) is 10.1. The minimum absolute atomic E-state index is 0.245. The van der Waals surface area contributed by atoms with E-state index in [2.05, 4.69) is 10.3 Å². The quantitative estimate of drug-likeness (QED) is 0.820. The molecule has 1 heterocycles. The average molecular weight is 291 g/mol. The topological polar surface area (TPSA) is 28.2 Å². The van der Waals surface area contributed by atoms with Crippen LogP contribution in [0.5, 0.6) is 0 Å². The van der Waals surface area contributed by atoms with Crippen LogP contribution in [0.15, 0.2) is 36.4 Å². The van der Waals surface area contributed by atoms with Crippen LogP contribution < -0.4 is 10.2 Å². The highest BCUT2D eigenvalue weighted by molar-refractivity contribution is 5.49. The lowest BCUT2D eigenvalue weighted by Crippen LogP contribution is -2.23. The van der Waals surface area contributed by atoms with Gasteiger partial charge in [-0.3, -0.25) is 0 Å². The monoisotopic (exact) mass is 291 g/mol. The van der Waals surface area contributed by atoms with Gasteiger partial charge in [0.2, 0.25) is 5.95 Å². The van der Waals surface area contributed by atoms with E-state index in [0.717, 1.165) is 18.7 Å². The molecule has 0 aliphatic heterocycles. The van der Waals surface area contributed by atoms with Gasteiger partial charge in [-0.05, 0) is 43.7 Å². The van der Waals surface area contributed by atoms with Gasteiger partial charge in [0.1, 0.15) is 11.6 Å². The molecular weight excluding hydrogens is 272 g/mol. The molecule has 0 aliphatic rings. The Morgan fingerprint density at radius 1 is 1.10 bits per heavy atom. The number of hydrogen-bond donors (Lipinski definition) is 1. The first kappa shape index (κ1) is 15.2. The maximum Gasteiger partial charge on any atom is 0.214 e. The molecule has 1 aromatic heterocycles. The summed E-state index contributed by atoms with van der Waals surface area (Å²) in [5, 5.41) is 2.97. The molecule has 0 spiro atoms. The lowest BCUT2D eigenvalue weighted by molar-refractivity contribution is 0.585. The van der Waals surface area contributed by atoms with E-state index in [9.17, 15) is 8.78 Å². The molecule has 3 nitrogen and oxygen atoms in total. The van der Waals surface area contributed by atoms with Gasteiger partial charge in [0.25, 0.3) is 0 Å². The van der Waals surface area contributed by atoms with Gasteiger partial charge in [0.05, 0.1) is 5.69 Å². The summed E-state index contributed by atoms with van der Waals surface area (Å²) in [4.78, 5) is 5.66. The lowest BCUT2D eigenvalue weighted by atomic mass is 10.1. The van der Waals surface area contributed by atoms with E-state index in [1.54, 1.807) is 18.2 Å². The van der Waals surface area contributed by atoms with E-state index < -0.39 is 5.95 Å². The van der Waals surface area contributed by atoms with Crippen molar-refractivity contribution < 1.29 is 8.78 Å². The van der Waals surface area contributed by atoms with Crippen molar-refractivity contribution in [2.45, 2.75) is 20.4 Å². The predicted molar refractivity (Wildman–Crippen MR) is 81.5 cm³/mol. The molecular formula is C16H19F2N3. The van der Waals surface area contributed by atoms with Crippen molar-refractivity contribution in [2.75, 3.05) is 23.3 Å². The zero-order chi connectivity index (χ0) is 15.2. The normalized spacial score (nSPS) is 10.5. The highest BCUT2D eigenvalue weighted by atomic mass is 19.1. The smallest absolute Gasteiger partial charge is 0.214 e. The van der Waals surface area contributed by atoms with Crippen molar-refractivity contribution in [2.24, 2.45) is 0 Å². The fourth-order valence-electron chi connectivity index (χ4n) is 2.18. The number of anilines is 2. The Kier molecular flexibility index (Phi) is 5.09. The molecule has 0 atom stereocenters. The molecule has 0 radical (unpaired) electrons. The highest BCUT2D eigenvalue weighted by Crippen LogP contribution is 2.20. The molecule has 0 aliphatic carbocycles. The molecule has 0 saturated heterocycles. The van der Waals surface area contributed by atoms with E-state index in [4.69, 9.17) is 0 Å². The standard InChI is InChI=1S/C16H19F2N3/c1-3-21(4-2)14-9-8-12(10-13(14)17)11-19-16-7-5-6-15(18)20-16/h5-10H,3-4,11H2,1-2H3,(H,19,20). The van der Waals surface area contributed by atoms with Crippen LogP contribution in [-0.2, 0) is 6.54 Å². The van der Waals surface area contributed by atoms with Crippen molar-refractivity contribution >= 4 is 11.5 Å². The summed E-state index contributed by atoms with van der Waals surface area (Å²) in [6.45, 7) is 5.91. The third-order valence-corrected chi connectivity index (χ3v) is 3.30. The Morgan fingerprint density at radius 3 is 2.48 bits per heavy atom. The molecule has 1 N–H and O–H groups in total. The Balaban J connectivity index is 2.06. The van der Waals surface area contributed by atoms with Crippen LogP contribution in [0.1, 0.15) is 19.4 Å². The zero-order valence-electron chi connectivity index (χ0n) is 12.2. The van der Waals surface area contributed by atoms with Crippen LogP contribution in [0.2, 0.25) is 0 Å². The summed E-state index contributed by atoms with van der Waals surface area (Å²) in [6.07, 6.45) is 0. The Bertz CT molecular complexity index is 598. The van der Waals surface area contributed by atoms with Gasteiger partial charge in [-0.1, -0.05) is 12.1 Å². The van der Waals surface area contributed by atoms with Gasteiger partial charge < -0.3 is 10.2 Å². The van der Waals surface area contributed by atoms with Crippen LogP contribution in [0.4, 0.5) is 20.3 Å². The molecule has 21 heavy (non-hydrogen) atoms. The van der Waals surface area contributed by atoms with Gasteiger partial charge in [-0.25, -0.2) is 9.37 Å². The predicted octanol–water partition coefficient (Wildman–Crippen LogP) is 3.82. The van der Waals surface area contributed by atoms with Crippen LogP contribution >= 0.6 is 0 Å². The highest BCUT2D eigenvalue weighted by Gasteiger charge is 2.09.